The van der Waals surface area contributed by atoms with Crippen molar-refractivity contribution in [2.45, 2.75) is 45.3 Å². The largest absolute Gasteiger partial charge is 0.444 e. The van der Waals surface area contributed by atoms with Gasteiger partial charge in [-0.1, -0.05) is 12.1 Å². The zero-order chi connectivity index (χ0) is 25.4. The zero-order valence-corrected chi connectivity index (χ0v) is 19.6. The number of carbonyl (C=O) groups excluding carboxylic acids is 2. The van der Waals surface area contributed by atoms with E-state index in [2.05, 4.69) is 20.3 Å². The molecule has 0 atom stereocenters. The molecule has 0 aliphatic carbocycles. The highest BCUT2D eigenvalue weighted by atomic mass is 19.3. The summed E-state index contributed by atoms with van der Waals surface area (Å²) < 4.78 is 60.2. The van der Waals surface area contributed by atoms with Crippen LogP contribution in [0, 0.1) is 0 Å². The molecule has 1 heterocycles. The van der Waals surface area contributed by atoms with Gasteiger partial charge in [0.25, 0.3) is 0 Å². The Balaban J connectivity index is 1.67. The maximum Gasteiger partial charge on any atom is 0.410 e. The number of rotatable bonds is 9. The summed E-state index contributed by atoms with van der Waals surface area (Å²) in [5.74, 6) is -4.21. The average Bonchev–Trinajstić information content (AvgIpc) is 2.73. The van der Waals surface area contributed by atoms with Crippen LogP contribution in [0.2, 0.25) is 0 Å². The smallest absolute Gasteiger partial charge is 0.410 e. The predicted molar refractivity (Wildman–Crippen MR) is 118 cm³/mol. The van der Waals surface area contributed by atoms with Gasteiger partial charge in [0, 0.05) is 45.0 Å². The third-order valence-electron chi connectivity index (χ3n) is 4.80. The highest BCUT2D eigenvalue weighted by Gasteiger charge is 2.40. The number of ether oxygens (including phenoxy) is 2. The first kappa shape index (κ1) is 27.6. The second-order valence-corrected chi connectivity index (χ2v) is 8.94. The molecular formula is C22H32F4N4O4. The van der Waals surface area contributed by atoms with E-state index >= 15 is 0 Å². The van der Waals surface area contributed by atoms with Crippen molar-refractivity contribution in [3.63, 3.8) is 0 Å². The van der Waals surface area contributed by atoms with E-state index in [0.717, 1.165) is 0 Å². The fourth-order valence-corrected chi connectivity index (χ4v) is 3.09. The standard InChI is InChI=1S/C22H32F4N4O4/c1-21(2,3)34-20(32)30-11-9-29(10-12-30)8-7-27-19(31)28-17-6-4-5-16(13-17)14-33-15-22(25,26)18(23)24/h4-6,13,18H,7-12,14-15H2,1-3H3,(H2,27,28,31). The minimum atomic E-state index is -4.21. The van der Waals surface area contributed by atoms with E-state index in [1.54, 1.807) is 23.1 Å². The first-order valence-corrected chi connectivity index (χ1v) is 10.9. The highest BCUT2D eigenvalue weighted by molar-refractivity contribution is 5.89. The lowest BCUT2D eigenvalue weighted by Crippen LogP contribution is -2.51. The molecule has 1 saturated heterocycles. The van der Waals surface area contributed by atoms with Crippen molar-refractivity contribution in [1.82, 2.24) is 15.1 Å². The molecule has 2 rings (SSSR count). The highest BCUT2D eigenvalue weighted by Crippen LogP contribution is 2.23. The second-order valence-electron chi connectivity index (χ2n) is 8.94. The van der Waals surface area contributed by atoms with Crippen LogP contribution in [0.3, 0.4) is 0 Å². The zero-order valence-electron chi connectivity index (χ0n) is 19.6. The Morgan fingerprint density at radius 2 is 1.79 bits per heavy atom. The Kier molecular flexibility index (Phi) is 9.92. The van der Waals surface area contributed by atoms with Gasteiger partial charge < -0.3 is 25.0 Å². The predicted octanol–water partition coefficient (Wildman–Crippen LogP) is 3.78. The van der Waals surface area contributed by atoms with Crippen LogP contribution in [-0.4, -0.2) is 85.7 Å². The summed E-state index contributed by atoms with van der Waals surface area (Å²) in [6, 6.07) is 5.82. The summed E-state index contributed by atoms with van der Waals surface area (Å²) in [4.78, 5) is 28.0. The summed E-state index contributed by atoms with van der Waals surface area (Å²) in [5, 5.41) is 5.35. The van der Waals surface area contributed by atoms with Gasteiger partial charge in [-0.25, -0.2) is 18.4 Å². The fraction of sp³-hybridized carbons (Fsp3) is 0.636. The first-order valence-electron chi connectivity index (χ1n) is 10.9. The second kappa shape index (κ2) is 12.2. The molecule has 34 heavy (non-hydrogen) atoms. The van der Waals surface area contributed by atoms with E-state index in [4.69, 9.17) is 4.74 Å². The number of halogens is 4. The van der Waals surface area contributed by atoms with E-state index in [1.165, 1.54) is 6.07 Å². The molecule has 192 valence electrons. The molecule has 0 bridgehead atoms. The van der Waals surface area contributed by atoms with E-state index in [9.17, 15) is 27.2 Å². The molecule has 3 amide bonds. The van der Waals surface area contributed by atoms with Crippen LogP contribution < -0.4 is 10.6 Å². The first-order chi connectivity index (χ1) is 15.9. The normalized spacial score (nSPS) is 15.4. The molecule has 0 aromatic heterocycles. The van der Waals surface area contributed by atoms with E-state index in [1.807, 2.05) is 20.8 Å². The van der Waals surface area contributed by atoms with Crippen molar-refractivity contribution in [3.05, 3.63) is 29.8 Å². The van der Waals surface area contributed by atoms with Crippen molar-refractivity contribution in [1.29, 1.82) is 0 Å². The molecule has 1 aromatic rings. The number of carbonyl (C=O) groups is 2. The van der Waals surface area contributed by atoms with Crippen LogP contribution in [0.1, 0.15) is 26.3 Å². The van der Waals surface area contributed by atoms with Gasteiger partial charge in [-0.15, -0.1) is 0 Å². The minimum Gasteiger partial charge on any atom is -0.444 e. The van der Waals surface area contributed by atoms with E-state index in [-0.39, 0.29) is 12.7 Å². The molecule has 12 heteroatoms. The maximum atomic E-state index is 12.9. The average molecular weight is 493 g/mol. The summed E-state index contributed by atoms with van der Waals surface area (Å²) in [7, 11) is 0. The van der Waals surface area contributed by atoms with Gasteiger partial charge in [0.1, 0.15) is 12.2 Å². The Morgan fingerprint density at radius 3 is 2.41 bits per heavy atom. The van der Waals surface area contributed by atoms with Crippen LogP contribution >= 0.6 is 0 Å². The number of nitrogens with one attached hydrogen (secondary N) is 2. The third-order valence-corrected chi connectivity index (χ3v) is 4.80. The summed E-state index contributed by atoms with van der Waals surface area (Å²) in [6.45, 7) is 7.15. The van der Waals surface area contributed by atoms with Gasteiger partial charge in [-0.2, -0.15) is 8.78 Å². The van der Waals surface area contributed by atoms with Gasteiger partial charge in [0.2, 0.25) is 0 Å². The van der Waals surface area contributed by atoms with Gasteiger partial charge >= 0.3 is 24.5 Å². The molecule has 1 aliphatic heterocycles. The van der Waals surface area contributed by atoms with Crippen LogP contribution in [0.25, 0.3) is 0 Å². The number of benzene rings is 1. The summed E-state index contributed by atoms with van der Waals surface area (Å²) in [6.07, 6.45) is -4.13. The van der Waals surface area contributed by atoms with Crippen molar-refractivity contribution in [2.75, 3.05) is 51.2 Å². The van der Waals surface area contributed by atoms with E-state index in [0.29, 0.717) is 50.5 Å². The maximum absolute atomic E-state index is 12.9. The monoisotopic (exact) mass is 492 g/mol. The number of nitrogens with zero attached hydrogens (tertiary/aromatic N) is 2. The van der Waals surface area contributed by atoms with Gasteiger partial charge in [0.05, 0.1) is 6.61 Å². The lowest BCUT2D eigenvalue weighted by Gasteiger charge is -2.35. The molecule has 0 saturated carbocycles. The molecule has 0 unspecified atom stereocenters. The Bertz CT molecular complexity index is 812. The number of amides is 3. The number of alkyl halides is 4. The molecule has 2 N–H and O–H groups in total. The molecule has 8 nitrogen and oxygen atoms in total. The van der Waals surface area contributed by atoms with Crippen molar-refractivity contribution >= 4 is 17.8 Å². The van der Waals surface area contributed by atoms with Gasteiger partial charge in [-0.05, 0) is 38.5 Å². The number of hydrogen-bond acceptors (Lipinski definition) is 5. The van der Waals surface area contributed by atoms with Crippen LogP contribution in [0.5, 0.6) is 0 Å². The Hall–Kier alpha value is -2.60. The molecule has 1 aromatic carbocycles. The van der Waals surface area contributed by atoms with Crippen LogP contribution in [-0.2, 0) is 16.1 Å². The van der Waals surface area contributed by atoms with Crippen molar-refractivity contribution in [2.24, 2.45) is 0 Å². The lowest BCUT2D eigenvalue weighted by atomic mass is 10.2. The van der Waals surface area contributed by atoms with Crippen molar-refractivity contribution < 1.29 is 36.6 Å². The van der Waals surface area contributed by atoms with Gasteiger partial charge in [0.15, 0.2) is 0 Å². The van der Waals surface area contributed by atoms with Crippen molar-refractivity contribution in [3.8, 4) is 0 Å². The van der Waals surface area contributed by atoms with Crippen LogP contribution in [0.4, 0.5) is 32.8 Å². The minimum absolute atomic E-state index is 0.297. The quantitative estimate of drug-likeness (QED) is 0.513. The molecule has 1 fully saturated rings. The number of piperazine rings is 1. The van der Waals surface area contributed by atoms with Gasteiger partial charge in [-0.3, -0.25) is 4.90 Å². The molecule has 0 radical (unpaired) electrons. The number of urea groups is 1. The topological polar surface area (TPSA) is 83.1 Å². The molecule has 0 spiro atoms. The summed E-state index contributed by atoms with van der Waals surface area (Å²) in [5.41, 5.74) is 0.317. The Labute approximate surface area is 196 Å². The third kappa shape index (κ3) is 9.72. The molecular weight excluding hydrogens is 460 g/mol. The lowest BCUT2D eigenvalue weighted by molar-refractivity contribution is -0.168. The SMILES string of the molecule is CC(C)(C)OC(=O)N1CCN(CCNC(=O)Nc2cccc(COCC(F)(F)C(F)F)c2)CC1. The van der Waals surface area contributed by atoms with Crippen LogP contribution in [0.15, 0.2) is 24.3 Å². The number of anilines is 1. The molecule has 1 aliphatic rings. The van der Waals surface area contributed by atoms with E-state index < -0.39 is 30.6 Å². The number of hydrogen-bond donors (Lipinski definition) is 2. The Morgan fingerprint density at radius 1 is 1.12 bits per heavy atom. The fourth-order valence-electron chi connectivity index (χ4n) is 3.09. The summed E-state index contributed by atoms with van der Waals surface area (Å²) >= 11 is 0.